The Labute approximate surface area is 141 Å². The van der Waals surface area contributed by atoms with Gasteiger partial charge in [-0.15, -0.1) is 0 Å². The number of benzene rings is 1. The molecule has 0 atom stereocenters. The summed E-state index contributed by atoms with van der Waals surface area (Å²) in [4.78, 5) is 0. The first-order chi connectivity index (χ1) is 11.3. The lowest BCUT2D eigenvalue weighted by Crippen LogP contribution is -2.33. The summed E-state index contributed by atoms with van der Waals surface area (Å²) in [6.45, 7) is 2.22. The third-order valence-corrected chi connectivity index (χ3v) is 5.96. The van der Waals surface area contributed by atoms with Crippen molar-refractivity contribution in [3.63, 3.8) is 0 Å². The molecule has 24 heavy (non-hydrogen) atoms. The number of alkyl halides is 4. The molecule has 0 nitrogen and oxygen atoms in total. The minimum atomic E-state index is -3.88. The highest BCUT2D eigenvalue weighted by Crippen LogP contribution is 2.53. The van der Waals surface area contributed by atoms with Crippen molar-refractivity contribution in [2.45, 2.75) is 82.0 Å². The van der Waals surface area contributed by atoms with E-state index < -0.39 is 30.6 Å². The Morgan fingerprint density at radius 2 is 1.25 bits per heavy atom. The molecule has 0 aromatic heterocycles. The van der Waals surface area contributed by atoms with E-state index >= 15 is 0 Å². The molecule has 3 rings (SSSR count). The molecule has 4 heteroatoms. The molecule has 0 radical (unpaired) electrons. The van der Waals surface area contributed by atoms with Crippen LogP contribution in [0.4, 0.5) is 17.6 Å². The van der Waals surface area contributed by atoms with Gasteiger partial charge in [-0.3, -0.25) is 0 Å². The summed E-state index contributed by atoms with van der Waals surface area (Å²) in [5.74, 6) is -7.14. The molecule has 0 N–H and O–H groups in total. The van der Waals surface area contributed by atoms with Gasteiger partial charge in [0.2, 0.25) is 0 Å². The zero-order valence-corrected chi connectivity index (χ0v) is 14.2. The quantitative estimate of drug-likeness (QED) is 0.522. The standard InChI is InChI=1S/C20H26F4/c1-2-3-14-4-6-15(7-5-14)16-8-10-17(11-9-16)18-12-19(21,22)20(23,24)13-18/h8-11,14-15,18H,2-7,12-13H2,1H3/t14-,15-. The molecular weight excluding hydrogens is 316 g/mol. The topological polar surface area (TPSA) is 0 Å². The van der Waals surface area contributed by atoms with E-state index in [1.54, 1.807) is 12.1 Å². The number of halogens is 4. The molecule has 2 fully saturated rings. The van der Waals surface area contributed by atoms with Gasteiger partial charge in [0.25, 0.3) is 0 Å². The summed E-state index contributed by atoms with van der Waals surface area (Å²) in [5.41, 5.74) is 1.85. The number of hydrogen-bond acceptors (Lipinski definition) is 0. The second-order valence-corrected chi connectivity index (χ2v) is 7.69. The van der Waals surface area contributed by atoms with Gasteiger partial charge >= 0.3 is 11.8 Å². The van der Waals surface area contributed by atoms with Crippen LogP contribution in [0.3, 0.4) is 0 Å². The van der Waals surface area contributed by atoms with Crippen LogP contribution in [0.15, 0.2) is 24.3 Å². The fourth-order valence-electron chi connectivity index (χ4n) is 4.46. The van der Waals surface area contributed by atoms with Crippen LogP contribution in [-0.4, -0.2) is 11.8 Å². The summed E-state index contributed by atoms with van der Waals surface area (Å²) in [6.07, 6.45) is 5.88. The van der Waals surface area contributed by atoms with Gasteiger partial charge in [-0.2, -0.15) is 17.6 Å². The van der Waals surface area contributed by atoms with Gasteiger partial charge in [0.1, 0.15) is 0 Å². The summed E-state index contributed by atoms with van der Waals surface area (Å²) >= 11 is 0. The van der Waals surface area contributed by atoms with Gasteiger partial charge in [0.15, 0.2) is 0 Å². The predicted octanol–water partition coefficient (Wildman–Crippen LogP) is 6.91. The molecule has 2 aliphatic rings. The zero-order valence-electron chi connectivity index (χ0n) is 14.2. The predicted molar refractivity (Wildman–Crippen MR) is 87.9 cm³/mol. The molecule has 2 aliphatic carbocycles. The van der Waals surface area contributed by atoms with E-state index in [2.05, 4.69) is 6.92 Å². The summed E-state index contributed by atoms with van der Waals surface area (Å²) in [5, 5.41) is 0. The average Bonchev–Trinajstić information content (AvgIpc) is 2.77. The monoisotopic (exact) mass is 342 g/mol. The molecule has 0 bridgehead atoms. The summed E-state index contributed by atoms with van der Waals surface area (Å²) < 4.78 is 53.5. The molecule has 1 aromatic rings. The van der Waals surface area contributed by atoms with Gasteiger partial charge in [0.05, 0.1) is 0 Å². The smallest absolute Gasteiger partial charge is 0.200 e. The van der Waals surface area contributed by atoms with Gasteiger partial charge < -0.3 is 0 Å². The van der Waals surface area contributed by atoms with E-state index in [0.29, 0.717) is 11.5 Å². The fourth-order valence-corrected chi connectivity index (χ4v) is 4.46. The van der Waals surface area contributed by atoms with Crippen LogP contribution >= 0.6 is 0 Å². The van der Waals surface area contributed by atoms with E-state index in [1.807, 2.05) is 12.1 Å². The van der Waals surface area contributed by atoms with Crippen LogP contribution in [0, 0.1) is 5.92 Å². The van der Waals surface area contributed by atoms with Gasteiger partial charge in [-0.1, -0.05) is 44.0 Å². The Morgan fingerprint density at radius 3 is 1.71 bits per heavy atom. The molecule has 0 saturated heterocycles. The fraction of sp³-hybridized carbons (Fsp3) is 0.700. The Bertz CT molecular complexity index is 525. The first kappa shape index (κ1) is 17.8. The van der Waals surface area contributed by atoms with Gasteiger partial charge in [-0.25, -0.2) is 0 Å². The highest BCUT2D eigenvalue weighted by atomic mass is 19.3. The van der Waals surface area contributed by atoms with E-state index in [-0.39, 0.29) is 0 Å². The van der Waals surface area contributed by atoms with Crippen molar-refractivity contribution in [2.75, 3.05) is 0 Å². The van der Waals surface area contributed by atoms with Crippen molar-refractivity contribution < 1.29 is 17.6 Å². The first-order valence-electron chi connectivity index (χ1n) is 9.18. The molecule has 2 saturated carbocycles. The van der Waals surface area contributed by atoms with Crippen molar-refractivity contribution in [3.05, 3.63) is 35.4 Å². The number of hydrogen-bond donors (Lipinski definition) is 0. The van der Waals surface area contributed by atoms with Crippen molar-refractivity contribution >= 4 is 0 Å². The average molecular weight is 342 g/mol. The second-order valence-electron chi connectivity index (χ2n) is 7.69. The lowest BCUT2D eigenvalue weighted by Gasteiger charge is -2.28. The minimum Gasteiger partial charge on any atom is -0.200 e. The molecule has 134 valence electrons. The van der Waals surface area contributed by atoms with E-state index in [1.165, 1.54) is 44.1 Å². The minimum absolute atomic E-state index is 0.526. The Hall–Kier alpha value is -1.06. The Morgan fingerprint density at radius 1 is 0.792 bits per heavy atom. The normalized spacial score (nSPS) is 29.7. The molecule has 0 spiro atoms. The molecule has 0 amide bonds. The number of rotatable bonds is 4. The molecule has 0 aliphatic heterocycles. The van der Waals surface area contributed by atoms with Crippen molar-refractivity contribution in [2.24, 2.45) is 5.92 Å². The largest absolute Gasteiger partial charge is 0.310 e. The Kier molecular flexibility index (Phi) is 4.94. The van der Waals surface area contributed by atoms with Crippen LogP contribution in [-0.2, 0) is 0 Å². The van der Waals surface area contributed by atoms with E-state index in [0.717, 1.165) is 5.92 Å². The maximum absolute atomic E-state index is 13.4. The highest BCUT2D eigenvalue weighted by Gasteiger charge is 2.63. The van der Waals surface area contributed by atoms with Crippen molar-refractivity contribution in [3.8, 4) is 0 Å². The molecule has 0 unspecified atom stereocenters. The summed E-state index contributed by atoms with van der Waals surface area (Å²) in [7, 11) is 0. The van der Waals surface area contributed by atoms with Crippen LogP contribution in [0.5, 0.6) is 0 Å². The zero-order chi connectivity index (χ0) is 17.4. The third kappa shape index (κ3) is 3.48. The van der Waals surface area contributed by atoms with Crippen molar-refractivity contribution in [1.29, 1.82) is 0 Å². The molecular formula is C20H26F4. The van der Waals surface area contributed by atoms with Crippen LogP contribution in [0.25, 0.3) is 0 Å². The lowest BCUT2D eigenvalue weighted by atomic mass is 9.77. The van der Waals surface area contributed by atoms with Crippen LogP contribution in [0.2, 0.25) is 0 Å². The van der Waals surface area contributed by atoms with Gasteiger partial charge in [-0.05, 0) is 54.6 Å². The van der Waals surface area contributed by atoms with Crippen LogP contribution in [0.1, 0.15) is 81.3 Å². The maximum Gasteiger partial charge on any atom is 0.310 e. The van der Waals surface area contributed by atoms with Crippen molar-refractivity contribution in [1.82, 2.24) is 0 Å². The lowest BCUT2D eigenvalue weighted by molar-refractivity contribution is -0.185. The Balaban J connectivity index is 1.63. The second kappa shape index (κ2) is 6.68. The van der Waals surface area contributed by atoms with Crippen LogP contribution < -0.4 is 0 Å². The van der Waals surface area contributed by atoms with Gasteiger partial charge in [0, 0.05) is 12.8 Å². The van der Waals surface area contributed by atoms with E-state index in [4.69, 9.17) is 0 Å². The molecule has 0 heterocycles. The molecule has 1 aromatic carbocycles. The highest BCUT2D eigenvalue weighted by molar-refractivity contribution is 5.30. The maximum atomic E-state index is 13.4. The van der Waals surface area contributed by atoms with E-state index in [9.17, 15) is 17.6 Å². The summed E-state index contributed by atoms with van der Waals surface area (Å²) in [6, 6.07) is 7.51. The SMILES string of the molecule is CCC[C@H]1CC[C@H](c2ccc(C3CC(F)(F)C(F)(F)C3)cc2)CC1. The third-order valence-electron chi connectivity index (χ3n) is 5.96. The first-order valence-corrected chi connectivity index (χ1v) is 9.18.